The number of benzene rings is 1. The number of hydrogen-bond acceptors (Lipinski definition) is 4. The van der Waals surface area contributed by atoms with Crippen LogP contribution in [-0.4, -0.2) is 53.6 Å². The van der Waals surface area contributed by atoms with Gasteiger partial charge in [0, 0.05) is 43.2 Å². The number of piperazine rings is 1. The quantitative estimate of drug-likeness (QED) is 0.650. The number of nitrogens with one attached hydrogen (secondary N) is 1. The van der Waals surface area contributed by atoms with Gasteiger partial charge in [0.2, 0.25) is 5.91 Å². The van der Waals surface area contributed by atoms with Crippen LogP contribution in [0.1, 0.15) is 25.3 Å². The molecule has 5 nitrogen and oxygen atoms in total. The third-order valence-corrected chi connectivity index (χ3v) is 6.33. The fourth-order valence-corrected chi connectivity index (χ4v) is 5.06. The fraction of sp³-hybridized carbons (Fsp3) is 0.550. The highest BCUT2D eigenvalue weighted by Gasteiger charge is 2.63. The van der Waals surface area contributed by atoms with Crippen molar-refractivity contribution in [3.8, 4) is 0 Å². The molecule has 2 N–H and O–H groups in total. The van der Waals surface area contributed by atoms with Crippen molar-refractivity contribution in [2.24, 2.45) is 17.3 Å². The Morgan fingerprint density at radius 2 is 2.08 bits per heavy atom. The van der Waals surface area contributed by atoms with E-state index in [1.165, 1.54) is 11.3 Å². The standard InChI is InChI=1S/C20H27N3O2/c1-3-22-9-10-23-13-20(2,11-15(23)12-22)18-16(17(18)19(24)21-25)14-7-5-4-6-8-14/h4-8,11,16-18,25H,3,9-10,12-13H2,1-2H3,(H,21,24)/t16-,17+,18+,20-/m0/s1. The second kappa shape index (κ2) is 6.15. The lowest BCUT2D eigenvalue weighted by Gasteiger charge is -2.36. The zero-order valence-electron chi connectivity index (χ0n) is 15.0. The van der Waals surface area contributed by atoms with Crippen molar-refractivity contribution in [2.75, 3.05) is 32.7 Å². The average Bonchev–Trinajstić information content (AvgIpc) is 3.31. The molecule has 4 rings (SSSR count). The minimum absolute atomic E-state index is 0.0310. The Balaban J connectivity index is 1.61. The van der Waals surface area contributed by atoms with Gasteiger partial charge in [0.25, 0.3) is 0 Å². The zero-order chi connectivity index (χ0) is 17.6. The number of amides is 1. The lowest BCUT2D eigenvalue weighted by atomic mass is 9.83. The molecule has 0 aromatic heterocycles. The molecular formula is C20H27N3O2. The van der Waals surface area contributed by atoms with Crippen LogP contribution in [0.25, 0.3) is 0 Å². The summed E-state index contributed by atoms with van der Waals surface area (Å²) in [6.07, 6.45) is 2.40. The first-order valence-corrected chi connectivity index (χ1v) is 9.25. The number of nitrogens with zero attached hydrogens (tertiary/aromatic N) is 2. The molecule has 1 amide bonds. The first kappa shape index (κ1) is 16.6. The van der Waals surface area contributed by atoms with E-state index < -0.39 is 0 Å². The Morgan fingerprint density at radius 1 is 1.32 bits per heavy atom. The van der Waals surface area contributed by atoms with Gasteiger partial charge in [-0.3, -0.25) is 14.9 Å². The summed E-state index contributed by atoms with van der Waals surface area (Å²) >= 11 is 0. The lowest BCUT2D eigenvalue weighted by molar-refractivity contribution is -0.131. The summed E-state index contributed by atoms with van der Waals surface area (Å²) in [6, 6.07) is 10.2. The van der Waals surface area contributed by atoms with E-state index >= 15 is 0 Å². The molecule has 1 aromatic rings. The second-order valence-electron chi connectivity index (χ2n) is 7.90. The van der Waals surface area contributed by atoms with Crippen molar-refractivity contribution in [3.63, 3.8) is 0 Å². The summed E-state index contributed by atoms with van der Waals surface area (Å²) in [5.41, 5.74) is 4.46. The molecule has 1 saturated carbocycles. The Labute approximate surface area is 149 Å². The van der Waals surface area contributed by atoms with Crippen molar-refractivity contribution < 1.29 is 10.0 Å². The molecule has 134 valence electrons. The molecule has 5 heteroatoms. The first-order valence-electron chi connectivity index (χ1n) is 9.25. The molecule has 0 spiro atoms. The predicted molar refractivity (Wildman–Crippen MR) is 96.0 cm³/mol. The van der Waals surface area contributed by atoms with Gasteiger partial charge in [-0.05, 0) is 18.0 Å². The number of fused-ring (bicyclic) bond motifs is 1. The van der Waals surface area contributed by atoms with E-state index in [0.717, 1.165) is 32.7 Å². The van der Waals surface area contributed by atoms with E-state index in [0.29, 0.717) is 0 Å². The highest BCUT2D eigenvalue weighted by Crippen LogP contribution is 2.64. The molecular weight excluding hydrogens is 314 g/mol. The van der Waals surface area contributed by atoms with Crippen LogP contribution in [-0.2, 0) is 4.79 Å². The second-order valence-corrected chi connectivity index (χ2v) is 7.90. The summed E-state index contributed by atoms with van der Waals surface area (Å²) in [5, 5.41) is 9.20. The summed E-state index contributed by atoms with van der Waals surface area (Å²) < 4.78 is 0. The molecule has 1 saturated heterocycles. The van der Waals surface area contributed by atoms with E-state index in [-0.39, 0.29) is 29.1 Å². The van der Waals surface area contributed by atoms with Crippen molar-refractivity contribution in [1.29, 1.82) is 0 Å². The smallest absolute Gasteiger partial charge is 0.247 e. The summed E-state index contributed by atoms with van der Waals surface area (Å²) in [4.78, 5) is 17.2. The number of carbonyl (C=O) groups is 1. The van der Waals surface area contributed by atoms with E-state index in [1.54, 1.807) is 0 Å². The van der Waals surface area contributed by atoms with Crippen LogP contribution in [0.3, 0.4) is 0 Å². The van der Waals surface area contributed by atoms with Gasteiger partial charge in [0.15, 0.2) is 0 Å². The van der Waals surface area contributed by atoms with Crippen molar-refractivity contribution in [1.82, 2.24) is 15.3 Å². The van der Waals surface area contributed by atoms with E-state index in [9.17, 15) is 10.0 Å². The van der Waals surface area contributed by atoms with E-state index in [1.807, 2.05) is 23.7 Å². The predicted octanol–water partition coefficient (Wildman–Crippen LogP) is 2.06. The van der Waals surface area contributed by atoms with Gasteiger partial charge in [0.05, 0.1) is 5.92 Å². The van der Waals surface area contributed by atoms with E-state index in [4.69, 9.17) is 0 Å². The number of hydrogen-bond donors (Lipinski definition) is 2. The van der Waals surface area contributed by atoms with Crippen molar-refractivity contribution in [2.45, 2.75) is 19.8 Å². The molecule has 4 atom stereocenters. The van der Waals surface area contributed by atoms with Crippen LogP contribution in [0.4, 0.5) is 0 Å². The fourth-order valence-electron chi connectivity index (χ4n) is 5.06. The number of likely N-dealkylation sites (N-methyl/N-ethyl adjacent to an activating group) is 1. The van der Waals surface area contributed by atoms with Crippen LogP contribution < -0.4 is 5.48 Å². The molecule has 1 aliphatic carbocycles. The molecule has 1 aromatic carbocycles. The van der Waals surface area contributed by atoms with E-state index in [2.05, 4.69) is 41.9 Å². The minimum atomic E-state index is -0.251. The van der Waals surface area contributed by atoms with Gasteiger partial charge in [-0.2, -0.15) is 0 Å². The Hall–Kier alpha value is -1.85. The average molecular weight is 341 g/mol. The molecule has 2 aliphatic heterocycles. The third kappa shape index (κ3) is 2.75. The maximum absolute atomic E-state index is 12.3. The largest absolute Gasteiger partial charge is 0.372 e. The van der Waals surface area contributed by atoms with Crippen LogP contribution in [0.15, 0.2) is 42.1 Å². The van der Waals surface area contributed by atoms with Crippen LogP contribution in [0.5, 0.6) is 0 Å². The molecule has 25 heavy (non-hydrogen) atoms. The zero-order valence-corrected chi connectivity index (χ0v) is 15.0. The van der Waals surface area contributed by atoms with Crippen molar-refractivity contribution >= 4 is 5.91 Å². The summed E-state index contributed by atoms with van der Waals surface area (Å²) in [5.74, 6) is 0.00507. The SMILES string of the molecule is CCN1CCN2C[C@@](C)([C@H]3[C@H](C(=O)NO)[C@@H]3c3ccccc3)C=C2C1. The Kier molecular flexibility index (Phi) is 4.08. The van der Waals surface area contributed by atoms with Crippen LogP contribution in [0.2, 0.25) is 0 Å². The normalized spacial score (nSPS) is 34.4. The van der Waals surface area contributed by atoms with Gasteiger partial charge in [0.1, 0.15) is 0 Å². The number of rotatable bonds is 4. The molecule has 0 bridgehead atoms. The van der Waals surface area contributed by atoms with Gasteiger partial charge >= 0.3 is 0 Å². The van der Waals surface area contributed by atoms with Gasteiger partial charge < -0.3 is 4.90 Å². The van der Waals surface area contributed by atoms with Crippen LogP contribution in [0, 0.1) is 17.3 Å². The summed E-state index contributed by atoms with van der Waals surface area (Å²) in [7, 11) is 0. The molecule has 3 aliphatic rings. The topological polar surface area (TPSA) is 55.8 Å². The molecule has 2 fully saturated rings. The Morgan fingerprint density at radius 3 is 2.76 bits per heavy atom. The summed E-state index contributed by atoms with van der Waals surface area (Å²) in [6.45, 7) is 9.71. The third-order valence-electron chi connectivity index (χ3n) is 6.33. The number of hydroxylamine groups is 1. The molecule has 0 radical (unpaired) electrons. The van der Waals surface area contributed by atoms with Gasteiger partial charge in [-0.15, -0.1) is 0 Å². The van der Waals surface area contributed by atoms with Gasteiger partial charge in [-0.1, -0.05) is 50.3 Å². The van der Waals surface area contributed by atoms with Crippen molar-refractivity contribution in [3.05, 3.63) is 47.7 Å². The Bertz CT molecular complexity index is 689. The highest BCUT2D eigenvalue weighted by molar-refractivity contribution is 5.83. The highest BCUT2D eigenvalue weighted by atomic mass is 16.5. The number of carbonyl (C=O) groups excluding carboxylic acids is 1. The monoisotopic (exact) mass is 341 g/mol. The lowest BCUT2D eigenvalue weighted by Crippen LogP contribution is -2.44. The van der Waals surface area contributed by atoms with Gasteiger partial charge in [-0.25, -0.2) is 5.48 Å². The maximum atomic E-state index is 12.3. The maximum Gasteiger partial charge on any atom is 0.247 e. The van der Waals surface area contributed by atoms with Crippen LogP contribution >= 0.6 is 0 Å². The first-order chi connectivity index (χ1) is 12.1. The molecule has 0 unspecified atom stereocenters. The minimum Gasteiger partial charge on any atom is -0.372 e. The molecule has 2 heterocycles.